The van der Waals surface area contributed by atoms with Crippen LogP contribution in [0.25, 0.3) is 0 Å². The second-order valence-corrected chi connectivity index (χ2v) is 6.77. The average molecular weight is 334 g/mol. The Labute approximate surface area is 143 Å². The van der Waals surface area contributed by atoms with Crippen LogP contribution in [0.15, 0.2) is 34.9 Å². The van der Waals surface area contributed by atoms with Crippen molar-refractivity contribution >= 4 is 12.4 Å². The van der Waals surface area contributed by atoms with Gasteiger partial charge in [-0.3, -0.25) is 0 Å². The van der Waals surface area contributed by atoms with E-state index in [0.29, 0.717) is 5.92 Å². The lowest BCUT2D eigenvalue weighted by Crippen LogP contribution is -2.38. The van der Waals surface area contributed by atoms with Crippen molar-refractivity contribution in [3.8, 4) is 0 Å². The maximum Gasteiger partial charge on any atom is 0.226 e. The van der Waals surface area contributed by atoms with Crippen LogP contribution in [0.4, 0.5) is 0 Å². The highest BCUT2D eigenvalue weighted by molar-refractivity contribution is 5.85. The highest BCUT2D eigenvalue weighted by Crippen LogP contribution is 2.32. The minimum Gasteiger partial charge on any atom is -0.339 e. The van der Waals surface area contributed by atoms with Gasteiger partial charge in [0.25, 0.3) is 0 Å². The number of aromatic nitrogens is 2. The Kier molecular flexibility index (Phi) is 5.34. The summed E-state index contributed by atoms with van der Waals surface area (Å²) in [6.07, 6.45) is 7.98. The van der Waals surface area contributed by atoms with Gasteiger partial charge in [-0.05, 0) is 43.6 Å². The van der Waals surface area contributed by atoms with Crippen LogP contribution >= 0.6 is 12.4 Å². The molecule has 2 aromatic rings. The van der Waals surface area contributed by atoms with E-state index in [1.54, 1.807) is 0 Å². The maximum atomic E-state index is 5.47. The van der Waals surface area contributed by atoms with Gasteiger partial charge < -0.3 is 9.84 Å². The molecule has 0 amide bonds. The van der Waals surface area contributed by atoms with E-state index in [2.05, 4.69) is 39.7 Å². The van der Waals surface area contributed by atoms with Crippen molar-refractivity contribution in [2.45, 2.75) is 57.0 Å². The van der Waals surface area contributed by atoms with E-state index >= 15 is 0 Å². The molecule has 5 heteroatoms. The molecule has 2 bridgehead atoms. The molecule has 2 unspecified atom stereocenters. The number of fused-ring (bicyclic) bond motifs is 2. The molecule has 2 aliphatic heterocycles. The standard InChI is InChI=1S/C18H23N3O.ClH/c1-2-4-13(5-3-1)6-9-17-20-18(22-21-17)12-14-10-15-7-8-16(11-14)19-15;/h1-5,14-16,19H,6-12H2;1H. The molecule has 23 heavy (non-hydrogen) atoms. The van der Waals surface area contributed by atoms with E-state index in [4.69, 9.17) is 4.52 Å². The highest BCUT2D eigenvalue weighted by Gasteiger charge is 2.34. The van der Waals surface area contributed by atoms with Crippen molar-refractivity contribution in [2.75, 3.05) is 0 Å². The Morgan fingerprint density at radius 3 is 2.52 bits per heavy atom. The Balaban J connectivity index is 0.00000156. The van der Waals surface area contributed by atoms with Crippen molar-refractivity contribution in [1.82, 2.24) is 15.5 Å². The van der Waals surface area contributed by atoms with Gasteiger partial charge >= 0.3 is 0 Å². The number of halogens is 1. The fourth-order valence-electron chi connectivity index (χ4n) is 3.96. The molecular formula is C18H24ClN3O. The monoisotopic (exact) mass is 333 g/mol. The number of benzene rings is 1. The van der Waals surface area contributed by atoms with Crippen LogP contribution in [-0.4, -0.2) is 22.2 Å². The van der Waals surface area contributed by atoms with Gasteiger partial charge in [-0.25, -0.2) is 0 Å². The number of piperidine rings is 1. The van der Waals surface area contributed by atoms with Crippen LogP contribution in [0.2, 0.25) is 0 Å². The lowest BCUT2D eigenvalue weighted by atomic mass is 9.90. The zero-order valence-electron chi connectivity index (χ0n) is 13.3. The van der Waals surface area contributed by atoms with Gasteiger partial charge in [0.1, 0.15) is 0 Å². The third kappa shape index (κ3) is 4.12. The molecule has 4 nitrogen and oxygen atoms in total. The molecule has 2 saturated heterocycles. The number of hydrogen-bond acceptors (Lipinski definition) is 4. The Morgan fingerprint density at radius 2 is 1.78 bits per heavy atom. The van der Waals surface area contributed by atoms with Crippen LogP contribution in [0.5, 0.6) is 0 Å². The van der Waals surface area contributed by atoms with Gasteiger partial charge in [-0.15, -0.1) is 12.4 Å². The normalized spacial score (nSPS) is 26.0. The molecule has 0 radical (unpaired) electrons. The van der Waals surface area contributed by atoms with Crippen molar-refractivity contribution in [2.24, 2.45) is 5.92 Å². The zero-order valence-corrected chi connectivity index (χ0v) is 14.1. The Morgan fingerprint density at radius 1 is 1.04 bits per heavy atom. The molecule has 0 saturated carbocycles. The first-order chi connectivity index (χ1) is 10.8. The second-order valence-electron chi connectivity index (χ2n) is 6.77. The van der Waals surface area contributed by atoms with E-state index in [0.717, 1.165) is 43.1 Å². The molecule has 1 N–H and O–H groups in total. The van der Waals surface area contributed by atoms with Crippen molar-refractivity contribution in [1.29, 1.82) is 0 Å². The van der Waals surface area contributed by atoms with Crippen molar-refractivity contribution in [3.05, 3.63) is 47.6 Å². The van der Waals surface area contributed by atoms with E-state index in [9.17, 15) is 0 Å². The van der Waals surface area contributed by atoms with Gasteiger partial charge in [0.15, 0.2) is 5.82 Å². The van der Waals surface area contributed by atoms with Gasteiger partial charge in [0, 0.05) is 24.9 Å². The van der Waals surface area contributed by atoms with Gasteiger partial charge in [0.2, 0.25) is 5.89 Å². The summed E-state index contributed by atoms with van der Waals surface area (Å²) < 4.78 is 5.47. The molecule has 0 aliphatic carbocycles. The first-order valence-electron chi connectivity index (χ1n) is 8.46. The SMILES string of the molecule is Cl.c1ccc(CCc2noc(CC3CC4CCC(C3)N4)n2)cc1. The van der Waals surface area contributed by atoms with Gasteiger partial charge in [-0.1, -0.05) is 35.5 Å². The van der Waals surface area contributed by atoms with E-state index in [1.165, 1.54) is 31.2 Å². The molecule has 0 spiro atoms. The number of nitrogens with one attached hydrogen (secondary N) is 1. The predicted molar refractivity (Wildman–Crippen MR) is 91.8 cm³/mol. The fraction of sp³-hybridized carbons (Fsp3) is 0.556. The number of aryl methyl sites for hydroxylation is 2. The zero-order chi connectivity index (χ0) is 14.8. The highest BCUT2D eigenvalue weighted by atomic mass is 35.5. The largest absolute Gasteiger partial charge is 0.339 e. The quantitative estimate of drug-likeness (QED) is 0.911. The molecule has 3 heterocycles. The van der Waals surface area contributed by atoms with Crippen LogP contribution in [0.3, 0.4) is 0 Å². The predicted octanol–water partition coefficient (Wildman–Crippen LogP) is 3.35. The van der Waals surface area contributed by atoms with Crippen molar-refractivity contribution < 1.29 is 4.52 Å². The Hall–Kier alpha value is -1.39. The summed E-state index contributed by atoms with van der Waals surface area (Å²) in [6.45, 7) is 0. The molecule has 2 atom stereocenters. The van der Waals surface area contributed by atoms with E-state index < -0.39 is 0 Å². The van der Waals surface area contributed by atoms with Gasteiger partial charge in [-0.2, -0.15) is 4.98 Å². The van der Waals surface area contributed by atoms with Gasteiger partial charge in [0.05, 0.1) is 0 Å². The molecule has 1 aromatic heterocycles. The molecule has 2 fully saturated rings. The minimum absolute atomic E-state index is 0. The second kappa shape index (κ2) is 7.45. The first kappa shape index (κ1) is 16.5. The smallest absolute Gasteiger partial charge is 0.226 e. The van der Waals surface area contributed by atoms with Crippen LogP contribution in [-0.2, 0) is 19.3 Å². The van der Waals surface area contributed by atoms with Crippen LogP contribution in [0, 0.1) is 5.92 Å². The molecule has 2 aliphatic rings. The third-order valence-corrected chi connectivity index (χ3v) is 5.02. The minimum atomic E-state index is 0. The lowest BCUT2D eigenvalue weighted by Gasteiger charge is -2.28. The summed E-state index contributed by atoms with van der Waals surface area (Å²) in [7, 11) is 0. The summed E-state index contributed by atoms with van der Waals surface area (Å²) in [5.74, 6) is 2.38. The summed E-state index contributed by atoms with van der Waals surface area (Å²) in [5.41, 5.74) is 1.32. The summed E-state index contributed by atoms with van der Waals surface area (Å²) in [6, 6.07) is 11.9. The fourth-order valence-corrected chi connectivity index (χ4v) is 3.96. The number of nitrogens with zero attached hydrogens (tertiary/aromatic N) is 2. The summed E-state index contributed by atoms with van der Waals surface area (Å²) in [4.78, 5) is 4.59. The third-order valence-electron chi connectivity index (χ3n) is 5.02. The Bertz CT molecular complexity index is 604. The molecule has 4 rings (SSSR count). The average Bonchev–Trinajstić information content (AvgIpc) is 3.13. The number of hydrogen-bond donors (Lipinski definition) is 1. The molecule has 1 aromatic carbocycles. The van der Waals surface area contributed by atoms with E-state index in [-0.39, 0.29) is 12.4 Å². The van der Waals surface area contributed by atoms with E-state index in [1.807, 2.05) is 6.07 Å². The lowest BCUT2D eigenvalue weighted by molar-refractivity contribution is 0.270. The summed E-state index contributed by atoms with van der Waals surface area (Å²) in [5, 5.41) is 7.83. The summed E-state index contributed by atoms with van der Waals surface area (Å²) >= 11 is 0. The first-order valence-corrected chi connectivity index (χ1v) is 8.46. The number of rotatable bonds is 5. The van der Waals surface area contributed by atoms with Crippen LogP contribution < -0.4 is 5.32 Å². The molecular weight excluding hydrogens is 310 g/mol. The van der Waals surface area contributed by atoms with Crippen LogP contribution in [0.1, 0.15) is 43.0 Å². The maximum absolute atomic E-state index is 5.47. The molecule has 124 valence electrons. The van der Waals surface area contributed by atoms with Crippen molar-refractivity contribution in [3.63, 3.8) is 0 Å². The topological polar surface area (TPSA) is 51.0 Å².